The van der Waals surface area contributed by atoms with Crippen LogP contribution in [0.3, 0.4) is 0 Å². The van der Waals surface area contributed by atoms with E-state index >= 15 is 0 Å². The predicted molar refractivity (Wildman–Crippen MR) is 61.3 cm³/mol. The van der Waals surface area contributed by atoms with E-state index in [1.54, 1.807) is 12.1 Å². The summed E-state index contributed by atoms with van der Waals surface area (Å²) in [5.41, 5.74) is 0.787. The average molecular weight is 220 g/mol. The molecule has 3 heteroatoms. The van der Waals surface area contributed by atoms with E-state index in [1.165, 1.54) is 6.08 Å². The van der Waals surface area contributed by atoms with E-state index in [0.29, 0.717) is 0 Å². The van der Waals surface area contributed by atoms with Gasteiger partial charge in [0.15, 0.2) is 0 Å². The summed E-state index contributed by atoms with van der Waals surface area (Å²) < 4.78 is 17.9. The molecule has 0 N–H and O–H groups in total. The Kier molecular flexibility index (Phi) is 4.99. The number of esters is 1. The molecule has 1 aromatic carbocycles. The van der Waals surface area contributed by atoms with Gasteiger partial charge in [0.2, 0.25) is 0 Å². The molecule has 1 aromatic rings. The Balaban J connectivity index is 2.40. The zero-order valence-electron chi connectivity index (χ0n) is 8.86. The molecule has 0 bridgehead atoms. The van der Waals surface area contributed by atoms with Crippen LogP contribution in [0.4, 0.5) is 4.39 Å². The summed E-state index contributed by atoms with van der Waals surface area (Å²) in [5, 5.41) is 0. The van der Waals surface area contributed by atoms with Gasteiger partial charge in [0.25, 0.3) is 0 Å². The molecular formula is C13H13FO2. The van der Waals surface area contributed by atoms with Crippen LogP contribution >= 0.6 is 0 Å². The molecule has 0 heterocycles. The highest BCUT2D eigenvalue weighted by Gasteiger charge is 1.99. The molecule has 0 spiro atoms. The molecule has 0 atom stereocenters. The number of hydrogen-bond donors (Lipinski definition) is 0. The summed E-state index contributed by atoms with van der Waals surface area (Å²) in [6.07, 6.45) is 2.55. The van der Waals surface area contributed by atoms with Gasteiger partial charge in [-0.1, -0.05) is 36.9 Å². The Labute approximate surface area is 94.0 Å². The molecule has 0 saturated heterocycles. The van der Waals surface area contributed by atoms with E-state index in [0.717, 1.165) is 11.6 Å². The van der Waals surface area contributed by atoms with Crippen molar-refractivity contribution in [3.63, 3.8) is 0 Å². The monoisotopic (exact) mass is 220 g/mol. The van der Waals surface area contributed by atoms with Crippen LogP contribution in [0.1, 0.15) is 12.0 Å². The lowest BCUT2D eigenvalue weighted by atomic mass is 10.2. The SMILES string of the molecule is C=CC(=O)OCC/C(F)=C/c1ccccc1. The van der Waals surface area contributed by atoms with Gasteiger partial charge in [-0.15, -0.1) is 0 Å². The third-order valence-electron chi connectivity index (χ3n) is 1.87. The van der Waals surface area contributed by atoms with Crippen LogP contribution in [0, 0.1) is 0 Å². The van der Waals surface area contributed by atoms with Crippen LogP contribution in [-0.4, -0.2) is 12.6 Å². The maximum Gasteiger partial charge on any atom is 0.330 e. The van der Waals surface area contributed by atoms with Crippen LogP contribution in [0.25, 0.3) is 6.08 Å². The van der Waals surface area contributed by atoms with Gasteiger partial charge in [-0.25, -0.2) is 9.18 Å². The normalized spacial score (nSPS) is 10.9. The van der Waals surface area contributed by atoms with Gasteiger partial charge in [-0.3, -0.25) is 0 Å². The maximum absolute atomic E-state index is 13.3. The van der Waals surface area contributed by atoms with Crippen molar-refractivity contribution in [2.45, 2.75) is 6.42 Å². The molecule has 84 valence electrons. The Morgan fingerprint density at radius 3 is 2.69 bits per heavy atom. The number of ether oxygens (including phenoxy) is 1. The number of halogens is 1. The first-order valence-electron chi connectivity index (χ1n) is 4.92. The minimum absolute atomic E-state index is 0.0278. The van der Waals surface area contributed by atoms with Crippen molar-refractivity contribution >= 4 is 12.0 Å². The molecule has 0 radical (unpaired) electrons. The fourth-order valence-electron chi connectivity index (χ4n) is 1.11. The summed E-state index contributed by atoms with van der Waals surface area (Å²) in [6.45, 7) is 3.27. The quantitative estimate of drug-likeness (QED) is 0.563. The Morgan fingerprint density at radius 2 is 2.06 bits per heavy atom. The minimum Gasteiger partial charge on any atom is -0.462 e. The molecule has 0 amide bonds. The summed E-state index contributed by atoms with van der Waals surface area (Å²) in [5.74, 6) is -0.851. The van der Waals surface area contributed by atoms with Gasteiger partial charge in [0, 0.05) is 12.5 Å². The minimum atomic E-state index is -0.535. The molecule has 16 heavy (non-hydrogen) atoms. The largest absolute Gasteiger partial charge is 0.462 e. The van der Waals surface area contributed by atoms with E-state index in [4.69, 9.17) is 0 Å². The molecular weight excluding hydrogens is 207 g/mol. The van der Waals surface area contributed by atoms with Gasteiger partial charge < -0.3 is 4.74 Å². The maximum atomic E-state index is 13.3. The van der Waals surface area contributed by atoms with Crippen LogP contribution in [0.15, 0.2) is 48.8 Å². The first kappa shape index (κ1) is 12.2. The van der Waals surface area contributed by atoms with E-state index in [1.807, 2.05) is 18.2 Å². The van der Waals surface area contributed by atoms with Crippen molar-refractivity contribution in [3.8, 4) is 0 Å². The molecule has 0 aliphatic heterocycles. The molecule has 0 fully saturated rings. The summed E-state index contributed by atoms with van der Waals surface area (Å²) in [4.78, 5) is 10.7. The summed E-state index contributed by atoms with van der Waals surface area (Å²) in [6, 6.07) is 9.12. The van der Waals surface area contributed by atoms with Gasteiger partial charge in [-0.05, 0) is 11.6 Å². The highest BCUT2D eigenvalue weighted by molar-refractivity contribution is 5.81. The van der Waals surface area contributed by atoms with Gasteiger partial charge in [0.1, 0.15) is 5.83 Å². The second-order valence-electron chi connectivity index (χ2n) is 3.12. The number of benzene rings is 1. The van der Waals surface area contributed by atoms with Crippen molar-refractivity contribution in [2.75, 3.05) is 6.61 Å². The number of carbonyl (C=O) groups is 1. The van der Waals surface area contributed by atoms with Gasteiger partial charge in [-0.2, -0.15) is 0 Å². The number of rotatable bonds is 5. The molecule has 0 aromatic heterocycles. The highest BCUT2D eigenvalue weighted by atomic mass is 19.1. The summed E-state index contributed by atoms with van der Waals surface area (Å²) >= 11 is 0. The van der Waals surface area contributed by atoms with E-state index in [-0.39, 0.29) is 18.9 Å². The van der Waals surface area contributed by atoms with Crippen molar-refractivity contribution in [1.29, 1.82) is 0 Å². The lowest BCUT2D eigenvalue weighted by Crippen LogP contribution is -2.01. The first-order chi connectivity index (χ1) is 7.72. The second kappa shape index (κ2) is 6.56. The van der Waals surface area contributed by atoms with E-state index in [2.05, 4.69) is 11.3 Å². The smallest absolute Gasteiger partial charge is 0.330 e. The molecule has 2 nitrogen and oxygen atoms in total. The van der Waals surface area contributed by atoms with E-state index < -0.39 is 5.97 Å². The molecule has 0 aliphatic rings. The third kappa shape index (κ3) is 4.55. The molecule has 0 unspecified atom stereocenters. The van der Waals surface area contributed by atoms with Gasteiger partial charge in [0.05, 0.1) is 6.61 Å². The topological polar surface area (TPSA) is 26.3 Å². The fraction of sp³-hybridized carbons (Fsp3) is 0.154. The van der Waals surface area contributed by atoms with Gasteiger partial charge >= 0.3 is 5.97 Å². The zero-order valence-corrected chi connectivity index (χ0v) is 8.86. The lowest BCUT2D eigenvalue weighted by molar-refractivity contribution is -0.137. The van der Waals surface area contributed by atoms with Crippen molar-refractivity contribution in [3.05, 3.63) is 54.4 Å². The predicted octanol–water partition coefficient (Wildman–Crippen LogP) is 3.12. The molecule has 0 aliphatic carbocycles. The van der Waals surface area contributed by atoms with Crippen LogP contribution in [0.5, 0.6) is 0 Å². The van der Waals surface area contributed by atoms with E-state index in [9.17, 15) is 9.18 Å². The van der Waals surface area contributed by atoms with Crippen LogP contribution in [-0.2, 0) is 9.53 Å². The lowest BCUT2D eigenvalue weighted by Gasteiger charge is -2.00. The molecule has 0 saturated carbocycles. The van der Waals surface area contributed by atoms with Crippen molar-refractivity contribution < 1.29 is 13.9 Å². The first-order valence-corrected chi connectivity index (χ1v) is 4.92. The third-order valence-corrected chi connectivity index (χ3v) is 1.87. The standard InChI is InChI=1S/C13H13FO2/c1-2-13(15)16-9-8-12(14)10-11-6-4-3-5-7-11/h2-7,10H,1,8-9H2/b12-10-. The zero-order chi connectivity index (χ0) is 11.8. The average Bonchev–Trinajstić information content (AvgIpc) is 2.30. The van der Waals surface area contributed by atoms with Crippen LogP contribution < -0.4 is 0 Å². The second-order valence-corrected chi connectivity index (χ2v) is 3.12. The van der Waals surface area contributed by atoms with Crippen LogP contribution in [0.2, 0.25) is 0 Å². The fourth-order valence-corrected chi connectivity index (χ4v) is 1.11. The Morgan fingerprint density at radius 1 is 1.38 bits per heavy atom. The summed E-state index contributed by atoms with van der Waals surface area (Å²) in [7, 11) is 0. The Bertz CT molecular complexity index is 382. The Hall–Kier alpha value is -1.90. The molecule has 1 rings (SSSR count). The number of hydrogen-bond acceptors (Lipinski definition) is 2. The number of carbonyl (C=O) groups excluding carboxylic acids is 1. The van der Waals surface area contributed by atoms with Crippen molar-refractivity contribution in [2.24, 2.45) is 0 Å². The van der Waals surface area contributed by atoms with Crippen molar-refractivity contribution in [1.82, 2.24) is 0 Å². The highest BCUT2D eigenvalue weighted by Crippen LogP contribution is 2.10.